The molecule has 5 heterocycles. The minimum atomic E-state index is -0.548. The molecule has 29 heavy (non-hydrogen) atoms. The molecule has 0 aliphatic heterocycles. The van der Waals surface area contributed by atoms with Gasteiger partial charge in [-0.05, 0) is 35.9 Å². The number of pyridine rings is 2. The molecule has 5 aromatic rings. The third kappa shape index (κ3) is 2.95. The maximum atomic E-state index is 13.5. The van der Waals surface area contributed by atoms with Crippen molar-refractivity contribution in [2.45, 2.75) is 6.54 Å². The van der Waals surface area contributed by atoms with E-state index >= 15 is 0 Å². The van der Waals surface area contributed by atoms with Gasteiger partial charge in [0.2, 0.25) is 17.1 Å². The third-order valence-electron chi connectivity index (χ3n) is 4.55. The molecule has 8 nitrogen and oxygen atoms in total. The van der Waals surface area contributed by atoms with Crippen molar-refractivity contribution in [3.8, 4) is 11.6 Å². The quantitative estimate of drug-likeness (QED) is 0.423. The smallest absolute Gasteiger partial charge is 0.241 e. The Morgan fingerprint density at radius 3 is 2.86 bits per heavy atom. The molecule has 0 N–H and O–H groups in total. The first-order chi connectivity index (χ1) is 14.1. The second-order valence-corrected chi connectivity index (χ2v) is 6.60. The highest BCUT2D eigenvalue weighted by atomic mass is 35.5. The second kappa shape index (κ2) is 6.78. The van der Waals surface area contributed by atoms with Gasteiger partial charge >= 0.3 is 0 Å². The zero-order valence-electron chi connectivity index (χ0n) is 15.1. The molecule has 0 amide bonds. The molecule has 0 spiro atoms. The van der Waals surface area contributed by atoms with E-state index in [9.17, 15) is 4.39 Å². The number of hydrogen-bond acceptors (Lipinski definition) is 6. The summed E-state index contributed by atoms with van der Waals surface area (Å²) in [5.41, 5.74) is 3.92. The van der Waals surface area contributed by atoms with E-state index in [0.29, 0.717) is 22.7 Å². The molecule has 0 bridgehead atoms. The van der Waals surface area contributed by atoms with Crippen LogP contribution >= 0.6 is 11.6 Å². The van der Waals surface area contributed by atoms with Gasteiger partial charge in [0.15, 0.2) is 5.65 Å². The van der Waals surface area contributed by atoms with Crippen molar-refractivity contribution in [2.75, 3.05) is 7.11 Å². The SMILES string of the molecule is COc1ncnc2ccn(-c3cnc4nc(Cl)n(Cc5cccc(F)n5)c4c3)c12. The molecular weight excluding hydrogens is 397 g/mol. The Bertz CT molecular complexity index is 1360. The zero-order valence-corrected chi connectivity index (χ0v) is 15.9. The molecule has 0 radical (unpaired) electrons. The minimum Gasteiger partial charge on any atom is -0.479 e. The van der Waals surface area contributed by atoms with Crippen molar-refractivity contribution >= 4 is 33.8 Å². The van der Waals surface area contributed by atoms with Crippen LogP contribution in [0.25, 0.3) is 27.9 Å². The summed E-state index contributed by atoms with van der Waals surface area (Å²) in [5.74, 6) is -0.0941. The lowest BCUT2D eigenvalue weighted by molar-refractivity contribution is 0.401. The predicted octanol–water partition coefficient (Wildman–Crippen LogP) is 3.41. The topological polar surface area (TPSA) is 83.5 Å². The number of methoxy groups -OCH3 is 1. The van der Waals surface area contributed by atoms with E-state index in [1.807, 2.05) is 22.9 Å². The van der Waals surface area contributed by atoms with Gasteiger partial charge in [0.25, 0.3) is 0 Å². The standard InChI is InChI=1S/C19H13ClFN7O/c1-29-18-16-13(23-10-24-18)5-6-27(16)12-7-14-17(22-8-12)26-19(20)28(14)9-11-3-2-4-15(21)25-11/h2-8,10H,9H2,1H3. The van der Waals surface area contributed by atoms with Crippen LogP contribution < -0.4 is 4.74 Å². The van der Waals surface area contributed by atoms with E-state index in [4.69, 9.17) is 16.3 Å². The monoisotopic (exact) mass is 409 g/mol. The fourth-order valence-corrected chi connectivity index (χ4v) is 3.49. The van der Waals surface area contributed by atoms with Crippen LogP contribution in [0.2, 0.25) is 5.28 Å². The van der Waals surface area contributed by atoms with E-state index in [0.717, 1.165) is 16.7 Å². The molecule has 5 aromatic heterocycles. The molecule has 144 valence electrons. The highest BCUT2D eigenvalue weighted by molar-refractivity contribution is 6.29. The van der Waals surface area contributed by atoms with E-state index in [2.05, 4.69) is 24.9 Å². The first kappa shape index (κ1) is 17.5. The zero-order chi connectivity index (χ0) is 20.0. The Balaban J connectivity index is 1.66. The molecule has 5 rings (SSSR count). The maximum absolute atomic E-state index is 13.5. The Kier molecular flexibility index (Phi) is 4.09. The van der Waals surface area contributed by atoms with Crippen molar-refractivity contribution in [2.24, 2.45) is 0 Å². The summed E-state index contributed by atoms with van der Waals surface area (Å²) in [6.07, 6.45) is 5.00. The minimum absolute atomic E-state index is 0.244. The number of nitrogens with zero attached hydrogens (tertiary/aromatic N) is 7. The van der Waals surface area contributed by atoms with Crippen LogP contribution in [0, 0.1) is 5.95 Å². The van der Waals surface area contributed by atoms with Crippen molar-refractivity contribution < 1.29 is 9.13 Å². The second-order valence-electron chi connectivity index (χ2n) is 6.26. The van der Waals surface area contributed by atoms with E-state index in [-0.39, 0.29) is 11.8 Å². The van der Waals surface area contributed by atoms with E-state index in [1.54, 1.807) is 30.0 Å². The summed E-state index contributed by atoms with van der Waals surface area (Å²) in [6.45, 7) is 0.261. The van der Waals surface area contributed by atoms with Gasteiger partial charge in [-0.15, -0.1) is 0 Å². The lowest BCUT2D eigenvalue weighted by Crippen LogP contribution is -2.04. The first-order valence-corrected chi connectivity index (χ1v) is 9.01. The van der Waals surface area contributed by atoms with E-state index in [1.165, 1.54) is 12.4 Å². The van der Waals surface area contributed by atoms with Crippen molar-refractivity contribution in [1.29, 1.82) is 0 Å². The Hall–Kier alpha value is -3.59. The summed E-state index contributed by atoms with van der Waals surface area (Å²) in [6, 6.07) is 8.39. The summed E-state index contributed by atoms with van der Waals surface area (Å²) in [5, 5.41) is 0.244. The number of fused-ring (bicyclic) bond motifs is 2. The van der Waals surface area contributed by atoms with Crippen molar-refractivity contribution in [1.82, 2.24) is 34.1 Å². The number of imidazole rings is 1. The number of ether oxygens (including phenoxy) is 1. The average Bonchev–Trinajstić information content (AvgIpc) is 3.29. The highest BCUT2D eigenvalue weighted by Crippen LogP contribution is 2.27. The van der Waals surface area contributed by atoms with Crippen LogP contribution in [-0.2, 0) is 6.54 Å². The first-order valence-electron chi connectivity index (χ1n) is 8.63. The summed E-state index contributed by atoms with van der Waals surface area (Å²) < 4.78 is 22.5. The molecule has 0 aliphatic rings. The van der Waals surface area contributed by atoms with Crippen LogP contribution in [0.1, 0.15) is 5.69 Å². The summed E-state index contributed by atoms with van der Waals surface area (Å²) in [4.78, 5) is 21.1. The Morgan fingerprint density at radius 1 is 1.14 bits per heavy atom. The normalized spacial score (nSPS) is 11.4. The average molecular weight is 410 g/mol. The molecule has 0 aromatic carbocycles. The van der Waals surface area contributed by atoms with Gasteiger partial charge in [0.05, 0.1) is 42.3 Å². The van der Waals surface area contributed by atoms with Crippen LogP contribution in [0.4, 0.5) is 4.39 Å². The molecule has 10 heteroatoms. The lowest BCUT2D eigenvalue weighted by atomic mass is 10.3. The largest absolute Gasteiger partial charge is 0.479 e. The molecule has 0 atom stereocenters. The van der Waals surface area contributed by atoms with Gasteiger partial charge in [-0.3, -0.25) is 0 Å². The van der Waals surface area contributed by atoms with Crippen LogP contribution in [0.15, 0.2) is 49.1 Å². The molecule has 0 aliphatic carbocycles. The summed E-state index contributed by atoms with van der Waals surface area (Å²) in [7, 11) is 1.56. The number of rotatable bonds is 4. The summed E-state index contributed by atoms with van der Waals surface area (Å²) >= 11 is 6.32. The highest BCUT2D eigenvalue weighted by Gasteiger charge is 2.15. The molecule has 0 unspecified atom stereocenters. The molecular formula is C19H13ClFN7O. The molecule has 0 saturated heterocycles. The van der Waals surface area contributed by atoms with Crippen LogP contribution in [0.3, 0.4) is 0 Å². The van der Waals surface area contributed by atoms with Gasteiger partial charge < -0.3 is 13.9 Å². The van der Waals surface area contributed by atoms with Crippen LogP contribution in [0.5, 0.6) is 5.88 Å². The Morgan fingerprint density at radius 2 is 2.03 bits per heavy atom. The van der Waals surface area contributed by atoms with Gasteiger partial charge in [-0.1, -0.05) is 6.07 Å². The van der Waals surface area contributed by atoms with Gasteiger partial charge in [-0.2, -0.15) is 14.4 Å². The Labute approximate surface area is 168 Å². The lowest BCUT2D eigenvalue weighted by Gasteiger charge is -2.09. The molecule has 0 saturated carbocycles. The van der Waals surface area contributed by atoms with Gasteiger partial charge in [0, 0.05) is 6.20 Å². The third-order valence-corrected chi connectivity index (χ3v) is 4.84. The van der Waals surface area contributed by atoms with E-state index < -0.39 is 5.95 Å². The predicted molar refractivity (Wildman–Crippen MR) is 105 cm³/mol. The van der Waals surface area contributed by atoms with Gasteiger partial charge in [-0.25, -0.2) is 15.0 Å². The fourth-order valence-electron chi connectivity index (χ4n) is 3.26. The fraction of sp³-hybridized carbons (Fsp3) is 0.105. The molecule has 0 fully saturated rings. The number of hydrogen-bond donors (Lipinski definition) is 0. The van der Waals surface area contributed by atoms with Crippen molar-refractivity contribution in [3.63, 3.8) is 0 Å². The van der Waals surface area contributed by atoms with Gasteiger partial charge in [0.1, 0.15) is 11.8 Å². The van der Waals surface area contributed by atoms with Crippen LogP contribution in [-0.4, -0.2) is 41.2 Å². The number of aromatic nitrogens is 7. The van der Waals surface area contributed by atoms with Crippen molar-refractivity contribution in [3.05, 3.63) is 66.0 Å². The number of halogens is 2. The maximum Gasteiger partial charge on any atom is 0.241 e.